The van der Waals surface area contributed by atoms with E-state index in [1.54, 1.807) is 0 Å². The highest BCUT2D eigenvalue weighted by molar-refractivity contribution is 4.81. The molecule has 0 aromatic carbocycles. The number of unbranched alkanes of at least 4 members (excludes halogenated alkanes) is 13. The maximum absolute atomic E-state index is 10.2. The lowest BCUT2D eigenvalue weighted by Crippen LogP contribution is -2.77. The Bertz CT molecular complexity index is 257. The van der Waals surface area contributed by atoms with Crippen molar-refractivity contribution in [3.05, 3.63) is 17.4 Å². The Morgan fingerprint density at radius 2 is 1.04 bits per heavy atom. The Kier molecular flexibility index (Phi) is 20.3. The second-order valence-electron chi connectivity index (χ2n) is 6.87. The average Bonchev–Trinajstić information content (AvgIpc) is 2.56. The van der Waals surface area contributed by atoms with Crippen LogP contribution < -0.4 is 5.48 Å². The van der Waals surface area contributed by atoms with E-state index in [-0.39, 0.29) is 0 Å². The molecule has 0 rings (SSSR count). The van der Waals surface area contributed by atoms with Crippen LogP contribution in [0.3, 0.4) is 0 Å². The van der Waals surface area contributed by atoms with Gasteiger partial charge in [0.2, 0.25) is 0 Å². The number of aliphatic hydroxyl groups excluding tert-OH is 1. The van der Waals surface area contributed by atoms with Gasteiger partial charge in [0.05, 0.1) is 6.54 Å². The fourth-order valence-electron chi connectivity index (χ4n) is 2.91. The lowest BCUT2D eigenvalue weighted by molar-refractivity contribution is -0.589. The highest BCUT2D eigenvalue weighted by Gasteiger charge is 1.96. The number of hydrogen-bond acceptors (Lipinski definition) is 3. The van der Waals surface area contributed by atoms with E-state index in [1.165, 1.54) is 77.0 Å². The first-order valence-corrected chi connectivity index (χ1v) is 10.2. The third-order valence-electron chi connectivity index (χ3n) is 4.44. The molecule has 0 unspecified atom stereocenters. The van der Waals surface area contributed by atoms with Crippen LogP contribution in [0.15, 0.2) is 12.2 Å². The number of hydrogen-bond donors (Lipinski definition) is 3. The molecule has 0 radical (unpaired) electrons. The van der Waals surface area contributed by atoms with E-state index >= 15 is 0 Å². The van der Waals surface area contributed by atoms with E-state index in [1.807, 2.05) is 0 Å². The van der Waals surface area contributed by atoms with Crippen LogP contribution in [0, 0.1) is 5.21 Å². The minimum atomic E-state index is -1.12. The van der Waals surface area contributed by atoms with E-state index in [2.05, 4.69) is 12.2 Å². The summed E-state index contributed by atoms with van der Waals surface area (Å²) in [4.78, 5) is 0. The van der Waals surface area contributed by atoms with Crippen molar-refractivity contribution in [2.45, 2.75) is 109 Å². The summed E-state index contributed by atoms with van der Waals surface area (Å²) in [5.74, 6) is 0. The molecule has 0 saturated carbocycles. The van der Waals surface area contributed by atoms with E-state index < -0.39 is 6.29 Å². The van der Waals surface area contributed by atoms with Crippen LogP contribution in [0.2, 0.25) is 0 Å². The molecule has 0 spiro atoms. The highest BCUT2D eigenvalue weighted by atomic mass is 16.5. The first kappa shape index (κ1) is 23.6. The maximum Gasteiger partial charge on any atom is 0.151 e. The van der Waals surface area contributed by atoms with Crippen LogP contribution in [0.5, 0.6) is 0 Å². The molecule has 0 heterocycles. The van der Waals surface area contributed by atoms with Crippen LogP contribution in [0.4, 0.5) is 0 Å². The molecule has 4 heteroatoms. The summed E-state index contributed by atoms with van der Waals surface area (Å²) in [6, 6.07) is 0. The number of allylic oxidation sites excluding steroid dienone is 2. The monoisotopic (exact) mass is 343 g/mol. The van der Waals surface area contributed by atoms with Gasteiger partial charge in [0.25, 0.3) is 0 Å². The van der Waals surface area contributed by atoms with Gasteiger partial charge in [-0.3, -0.25) is 0 Å². The van der Waals surface area contributed by atoms with E-state index in [0.717, 1.165) is 31.3 Å². The van der Waals surface area contributed by atoms with Crippen LogP contribution in [-0.2, 0) is 0 Å². The maximum atomic E-state index is 10.2. The first-order valence-electron chi connectivity index (χ1n) is 10.2. The van der Waals surface area contributed by atoms with Gasteiger partial charge in [0.15, 0.2) is 6.29 Å². The van der Waals surface area contributed by atoms with Crippen molar-refractivity contribution in [1.82, 2.24) is 0 Å². The number of nitrogens with two attached hydrogens (primary N) is 1. The van der Waals surface area contributed by atoms with Gasteiger partial charge in [-0.05, 0) is 51.4 Å². The van der Waals surface area contributed by atoms with E-state index in [9.17, 15) is 5.21 Å². The summed E-state index contributed by atoms with van der Waals surface area (Å²) in [6.45, 7) is 0.733. The normalized spacial score (nSPS) is 11.8. The van der Waals surface area contributed by atoms with E-state index in [0.29, 0.717) is 6.42 Å². The van der Waals surface area contributed by atoms with E-state index in [4.69, 9.17) is 10.2 Å². The smallest absolute Gasteiger partial charge is 0.151 e. The molecule has 4 N–H and O–H groups in total. The van der Waals surface area contributed by atoms with Gasteiger partial charge >= 0.3 is 0 Å². The molecule has 0 bridgehead atoms. The number of rotatable bonds is 19. The largest absolute Gasteiger partial charge is 0.636 e. The fourth-order valence-corrected chi connectivity index (χ4v) is 2.91. The highest BCUT2D eigenvalue weighted by Crippen LogP contribution is 2.11. The Balaban J connectivity index is 3.06. The topological polar surface area (TPSA) is 80.1 Å². The molecule has 0 aliphatic rings. The molecule has 144 valence electrons. The predicted molar refractivity (Wildman–Crippen MR) is 101 cm³/mol. The Morgan fingerprint density at radius 1 is 0.625 bits per heavy atom. The van der Waals surface area contributed by atoms with Crippen molar-refractivity contribution in [2.75, 3.05) is 6.54 Å². The zero-order valence-corrected chi connectivity index (χ0v) is 15.6. The minimum absolute atomic E-state index is 0.519. The van der Waals surface area contributed by atoms with Crippen molar-refractivity contribution in [3.8, 4) is 0 Å². The van der Waals surface area contributed by atoms with Crippen molar-refractivity contribution >= 4 is 0 Å². The molecular formula is C20H41NO3. The molecule has 0 amide bonds. The predicted octanol–water partition coefficient (Wildman–Crippen LogP) is 4.16. The molecule has 4 nitrogen and oxygen atoms in total. The molecule has 0 aromatic heterocycles. The Hall–Kier alpha value is -0.420. The van der Waals surface area contributed by atoms with Gasteiger partial charge in [-0.15, -0.1) is 0 Å². The second-order valence-corrected chi connectivity index (χ2v) is 6.87. The molecule has 0 aromatic rings. The molecule has 0 aliphatic heterocycles. The second kappa shape index (κ2) is 20.6. The van der Waals surface area contributed by atoms with Crippen molar-refractivity contribution in [3.63, 3.8) is 0 Å². The number of hydroxylamine groups is 1. The summed E-state index contributed by atoms with van der Waals surface area (Å²) in [6.07, 6.45) is 22.4. The summed E-state index contributed by atoms with van der Waals surface area (Å²) in [5.41, 5.74) is 1.02. The third-order valence-corrected chi connectivity index (χ3v) is 4.44. The van der Waals surface area contributed by atoms with Crippen molar-refractivity contribution in [2.24, 2.45) is 0 Å². The first-order chi connectivity index (χ1) is 11.8. The summed E-state index contributed by atoms with van der Waals surface area (Å²) >= 11 is 0. The summed E-state index contributed by atoms with van der Waals surface area (Å²) in [5, 5.41) is 27.6. The molecule has 0 atom stereocenters. The van der Waals surface area contributed by atoms with Crippen LogP contribution in [-0.4, -0.2) is 23.0 Å². The summed E-state index contributed by atoms with van der Waals surface area (Å²) in [7, 11) is 0. The lowest BCUT2D eigenvalue weighted by Gasteiger charge is -2.03. The van der Waals surface area contributed by atoms with Gasteiger partial charge in [-0.2, -0.15) is 0 Å². The molecule has 0 saturated heterocycles. The van der Waals surface area contributed by atoms with Crippen molar-refractivity contribution < 1.29 is 15.7 Å². The van der Waals surface area contributed by atoms with Gasteiger partial charge in [-0.1, -0.05) is 63.5 Å². The minimum Gasteiger partial charge on any atom is -0.636 e. The molecule has 0 fully saturated rings. The quantitative estimate of drug-likeness (QED) is 0.143. The van der Waals surface area contributed by atoms with Gasteiger partial charge in [-0.25, -0.2) is 0 Å². The Labute approximate surface area is 149 Å². The lowest BCUT2D eigenvalue weighted by atomic mass is 10.1. The van der Waals surface area contributed by atoms with Crippen molar-refractivity contribution in [1.29, 1.82) is 0 Å². The summed E-state index contributed by atoms with van der Waals surface area (Å²) < 4.78 is 0. The zero-order chi connectivity index (χ0) is 17.7. The molecule has 0 aliphatic carbocycles. The Morgan fingerprint density at radius 3 is 1.50 bits per heavy atom. The standard InChI is InChI=1S/C20H41NO3/c22-20(23)18-16-14-12-10-8-6-4-2-1-3-5-7-9-11-13-15-17-19-21-24/h1,3,20,22-23H,2,4-19,21H2/b3-1-. The number of quaternary nitrogens is 1. The van der Waals surface area contributed by atoms with Crippen LogP contribution >= 0.6 is 0 Å². The zero-order valence-electron chi connectivity index (χ0n) is 15.6. The third kappa shape index (κ3) is 21.6. The fraction of sp³-hybridized carbons (Fsp3) is 0.900. The van der Waals surface area contributed by atoms with Gasteiger partial charge in [0.1, 0.15) is 0 Å². The SMILES string of the molecule is [O-][NH2+]CCCCCCCC/C=C\CCCCCCCCCC(O)O. The van der Waals surface area contributed by atoms with Gasteiger partial charge in [0, 0.05) is 0 Å². The number of aliphatic hydroxyl groups is 2. The van der Waals surface area contributed by atoms with Crippen LogP contribution in [0.1, 0.15) is 103 Å². The molecule has 24 heavy (non-hydrogen) atoms. The van der Waals surface area contributed by atoms with Gasteiger partial charge < -0.3 is 20.9 Å². The average molecular weight is 344 g/mol. The molecular weight excluding hydrogens is 302 g/mol. The van der Waals surface area contributed by atoms with Crippen LogP contribution in [0.25, 0.3) is 0 Å².